The smallest absolute Gasteiger partial charge is 0.162 e. The number of hydrogen-bond acceptors (Lipinski definition) is 3. The number of aryl methyl sites for hydroxylation is 1. The van der Waals surface area contributed by atoms with E-state index in [1.165, 1.54) is 12.1 Å². The molecule has 0 saturated heterocycles. The van der Waals surface area contributed by atoms with Crippen LogP contribution in [-0.4, -0.2) is 9.97 Å². The number of hydrogen-bond donors (Lipinski definition) is 1. The molecule has 0 radical (unpaired) electrons. The highest BCUT2D eigenvalue weighted by molar-refractivity contribution is 14.1. The summed E-state index contributed by atoms with van der Waals surface area (Å²) in [6.45, 7) is 5.96. The molecule has 2 aromatic rings. The van der Waals surface area contributed by atoms with Crippen LogP contribution < -0.4 is 5.73 Å². The highest BCUT2D eigenvalue weighted by atomic mass is 127. The minimum absolute atomic E-state index is 0.260. The fourth-order valence-corrected chi connectivity index (χ4v) is 2.73. The second-order valence-corrected chi connectivity index (χ2v) is 5.82. The van der Waals surface area contributed by atoms with Crippen LogP contribution in [0.2, 0.25) is 0 Å². The first-order valence-electron chi connectivity index (χ1n) is 5.99. The Morgan fingerprint density at radius 2 is 1.95 bits per heavy atom. The van der Waals surface area contributed by atoms with E-state index in [9.17, 15) is 4.39 Å². The lowest BCUT2D eigenvalue weighted by Crippen LogP contribution is -2.06. The maximum atomic E-state index is 13.1. The molecule has 0 aliphatic carbocycles. The SMILES string of the molecule is Cc1cc(F)ccc1-c1nc(N)c(I)c(C(C)C)n1. The molecule has 3 nitrogen and oxygen atoms in total. The van der Waals surface area contributed by atoms with Crippen LogP contribution in [0.15, 0.2) is 18.2 Å². The number of benzene rings is 1. The van der Waals surface area contributed by atoms with Gasteiger partial charge in [0.25, 0.3) is 0 Å². The molecule has 100 valence electrons. The van der Waals surface area contributed by atoms with E-state index >= 15 is 0 Å². The maximum Gasteiger partial charge on any atom is 0.162 e. The summed E-state index contributed by atoms with van der Waals surface area (Å²) >= 11 is 2.16. The predicted molar refractivity (Wildman–Crippen MR) is 83.4 cm³/mol. The van der Waals surface area contributed by atoms with Gasteiger partial charge in [0.2, 0.25) is 0 Å². The van der Waals surface area contributed by atoms with E-state index in [0.717, 1.165) is 20.4 Å². The Hall–Kier alpha value is -1.24. The van der Waals surface area contributed by atoms with Crippen molar-refractivity contribution in [3.63, 3.8) is 0 Å². The van der Waals surface area contributed by atoms with Crippen LogP contribution in [0.5, 0.6) is 0 Å². The van der Waals surface area contributed by atoms with Crippen molar-refractivity contribution < 1.29 is 4.39 Å². The highest BCUT2D eigenvalue weighted by Gasteiger charge is 2.15. The average molecular weight is 371 g/mol. The summed E-state index contributed by atoms with van der Waals surface area (Å²) in [5.74, 6) is 1.03. The van der Waals surface area contributed by atoms with Gasteiger partial charge >= 0.3 is 0 Å². The standard InChI is InChI=1S/C14H15FIN3/c1-7(2)12-11(16)13(17)19-14(18-12)10-5-4-9(15)6-8(10)3/h4-7H,1-3H3,(H2,17,18,19). The topological polar surface area (TPSA) is 51.8 Å². The Bertz CT molecular complexity index is 626. The molecule has 0 spiro atoms. The van der Waals surface area contributed by atoms with Crippen molar-refractivity contribution in [2.24, 2.45) is 0 Å². The summed E-state index contributed by atoms with van der Waals surface area (Å²) in [5.41, 5.74) is 8.48. The number of aromatic nitrogens is 2. The number of nitrogens with two attached hydrogens (primary N) is 1. The van der Waals surface area contributed by atoms with E-state index in [4.69, 9.17) is 5.73 Å². The van der Waals surface area contributed by atoms with Crippen molar-refractivity contribution >= 4 is 28.4 Å². The molecule has 1 aromatic heterocycles. The summed E-state index contributed by atoms with van der Waals surface area (Å²) in [4.78, 5) is 8.89. The lowest BCUT2D eigenvalue weighted by atomic mass is 10.1. The molecule has 0 aliphatic heterocycles. The van der Waals surface area contributed by atoms with Gasteiger partial charge in [-0.2, -0.15) is 0 Å². The number of anilines is 1. The Morgan fingerprint density at radius 1 is 1.26 bits per heavy atom. The zero-order valence-corrected chi connectivity index (χ0v) is 13.2. The van der Waals surface area contributed by atoms with Gasteiger partial charge in [-0.1, -0.05) is 13.8 Å². The quantitative estimate of drug-likeness (QED) is 0.815. The van der Waals surface area contributed by atoms with Crippen LogP contribution >= 0.6 is 22.6 Å². The Morgan fingerprint density at radius 3 is 2.53 bits per heavy atom. The monoisotopic (exact) mass is 371 g/mol. The summed E-state index contributed by atoms with van der Waals surface area (Å²) in [5, 5.41) is 0. The van der Waals surface area contributed by atoms with Gasteiger partial charge in [0.1, 0.15) is 11.6 Å². The molecule has 0 atom stereocenters. The first kappa shape index (κ1) is 14.2. The van der Waals surface area contributed by atoms with Crippen molar-refractivity contribution in [3.8, 4) is 11.4 Å². The van der Waals surface area contributed by atoms with E-state index in [2.05, 4.69) is 46.4 Å². The molecule has 5 heteroatoms. The van der Waals surface area contributed by atoms with Gasteiger partial charge < -0.3 is 5.73 Å². The summed E-state index contributed by atoms with van der Waals surface area (Å²) in [6, 6.07) is 4.58. The van der Waals surface area contributed by atoms with Crippen molar-refractivity contribution in [1.29, 1.82) is 0 Å². The molecule has 19 heavy (non-hydrogen) atoms. The van der Waals surface area contributed by atoms with E-state index in [1.54, 1.807) is 6.07 Å². The van der Waals surface area contributed by atoms with E-state index < -0.39 is 0 Å². The molecule has 0 aliphatic rings. The third-order valence-electron chi connectivity index (χ3n) is 2.88. The van der Waals surface area contributed by atoms with Crippen LogP contribution in [0.1, 0.15) is 31.0 Å². The molecule has 0 saturated carbocycles. The van der Waals surface area contributed by atoms with Gasteiger partial charge in [-0.15, -0.1) is 0 Å². The third kappa shape index (κ3) is 2.86. The Kier molecular flexibility index (Phi) is 4.03. The van der Waals surface area contributed by atoms with Crippen molar-refractivity contribution in [1.82, 2.24) is 9.97 Å². The molecular weight excluding hydrogens is 356 g/mol. The molecule has 1 aromatic carbocycles. The third-order valence-corrected chi connectivity index (χ3v) is 3.98. The molecule has 0 unspecified atom stereocenters. The number of rotatable bonds is 2. The minimum atomic E-state index is -0.260. The highest BCUT2D eigenvalue weighted by Crippen LogP contribution is 2.28. The number of nitrogen functional groups attached to an aromatic ring is 1. The number of nitrogens with zero attached hydrogens (tertiary/aromatic N) is 2. The van der Waals surface area contributed by atoms with Crippen LogP contribution in [-0.2, 0) is 0 Å². The molecular formula is C14H15FIN3. The van der Waals surface area contributed by atoms with Crippen LogP contribution in [0.4, 0.5) is 10.2 Å². The molecule has 2 rings (SSSR count). The van der Waals surface area contributed by atoms with E-state index in [0.29, 0.717) is 11.6 Å². The van der Waals surface area contributed by atoms with Gasteiger partial charge in [0.05, 0.1) is 9.26 Å². The minimum Gasteiger partial charge on any atom is -0.383 e. The molecule has 2 N–H and O–H groups in total. The predicted octanol–water partition coefficient (Wildman–Crippen LogP) is 3.90. The van der Waals surface area contributed by atoms with E-state index in [-0.39, 0.29) is 11.7 Å². The van der Waals surface area contributed by atoms with Crippen molar-refractivity contribution in [2.75, 3.05) is 5.73 Å². The zero-order valence-electron chi connectivity index (χ0n) is 11.0. The van der Waals surface area contributed by atoms with Gasteiger partial charge in [-0.25, -0.2) is 14.4 Å². The fraction of sp³-hybridized carbons (Fsp3) is 0.286. The largest absolute Gasteiger partial charge is 0.383 e. The second-order valence-electron chi connectivity index (χ2n) is 4.75. The number of halogens is 2. The van der Waals surface area contributed by atoms with Gasteiger partial charge in [-0.3, -0.25) is 0 Å². The first-order chi connectivity index (χ1) is 8.90. The normalized spacial score (nSPS) is 11.1. The lowest BCUT2D eigenvalue weighted by Gasteiger charge is -2.12. The van der Waals surface area contributed by atoms with Crippen molar-refractivity contribution in [2.45, 2.75) is 26.7 Å². The molecule has 1 heterocycles. The lowest BCUT2D eigenvalue weighted by molar-refractivity contribution is 0.627. The molecule has 0 fully saturated rings. The average Bonchev–Trinajstić information content (AvgIpc) is 2.32. The first-order valence-corrected chi connectivity index (χ1v) is 7.07. The molecule has 0 amide bonds. The molecule has 0 bridgehead atoms. The van der Waals surface area contributed by atoms with Crippen LogP contribution in [0.25, 0.3) is 11.4 Å². The van der Waals surface area contributed by atoms with Gasteiger partial charge in [0, 0.05) is 5.56 Å². The van der Waals surface area contributed by atoms with Gasteiger partial charge in [-0.05, 0) is 59.2 Å². The summed E-state index contributed by atoms with van der Waals surface area (Å²) < 4.78 is 14.0. The maximum absolute atomic E-state index is 13.1. The summed E-state index contributed by atoms with van der Waals surface area (Å²) in [7, 11) is 0. The second kappa shape index (κ2) is 5.40. The van der Waals surface area contributed by atoms with Crippen LogP contribution in [0, 0.1) is 16.3 Å². The Labute approximate surface area is 125 Å². The van der Waals surface area contributed by atoms with Gasteiger partial charge in [0.15, 0.2) is 5.82 Å². The zero-order chi connectivity index (χ0) is 14.2. The summed E-state index contributed by atoms with van der Waals surface area (Å²) in [6.07, 6.45) is 0. The van der Waals surface area contributed by atoms with Crippen LogP contribution in [0.3, 0.4) is 0 Å². The van der Waals surface area contributed by atoms with E-state index in [1.807, 2.05) is 6.92 Å². The van der Waals surface area contributed by atoms with Crippen molar-refractivity contribution in [3.05, 3.63) is 38.8 Å². The Balaban J connectivity index is 2.63. The fourth-order valence-electron chi connectivity index (χ4n) is 1.86.